The number of nitrogens with two attached hydrogens (primary N) is 1. The Morgan fingerprint density at radius 1 is 0.833 bits per heavy atom. The van der Waals surface area contributed by atoms with Crippen LogP contribution in [0.4, 0.5) is 0 Å². The highest BCUT2D eigenvalue weighted by molar-refractivity contribution is 7.52. The van der Waals surface area contributed by atoms with Gasteiger partial charge in [-0.2, -0.15) is 0 Å². The summed E-state index contributed by atoms with van der Waals surface area (Å²) in [5, 5.41) is 0. The van der Waals surface area contributed by atoms with Gasteiger partial charge in [-0.1, -0.05) is 90.4 Å². The quantitative estimate of drug-likeness (QED) is 0.231. The Kier molecular flexibility index (Phi) is 16.6. The molecule has 0 saturated carbocycles. The molecular formula is C19H42NO3P. The minimum Gasteiger partial charge on any atom is -0.327 e. The van der Waals surface area contributed by atoms with Crippen LogP contribution in [0.5, 0.6) is 0 Å². The zero-order chi connectivity index (χ0) is 18.1. The second kappa shape index (κ2) is 16.6. The monoisotopic (exact) mass is 363 g/mol. The van der Waals surface area contributed by atoms with Crippen molar-refractivity contribution in [2.24, 2.45) is 5.73 Å². The third-order valence-electron chi connectivity index (χ3n) is 4.31. The summed E-state index contributed by atoms with van der Waals surface area (Å²) in [5.41, 5.74) is 5.52. The molecule has 146 valence electrons. The van der Waals surface area contributed by atoms with Crippen LogP contribution in [-0.4, -0.2) is 23.7 Å². The lowest BCUT2D eigenvalue weighted by atomic mass is 10.0. The van der Waals surface area contributed by atoms with E-state index in [1.165, 1.54) is 77.0 Å². The smallest absolute Gasteiger partial charge is 0.327 e. The van der Waals surface area contributed by atoms with Crippen molar-refractivity contribution in [3.8, 4) is 0 Å². The maximum atomic E-state index is 11.6. The minimum atomic E-state index is -3.46. The zero-order valence-corrected chi connectivity index (χ0v) is 17.1. The van der Waals surface area contributed by atoms with Crippen LogP contribution in [0.2, 0.25) is 0 Å². The first kappa shape index (κ1) is 24.1. The largest absolute Gasteiger partial charge is 0.329 e. The predicted octanol–water partition coefficient (Wildman–Crippen LogP) is 6.02. The van der Waals surface area contributed by atoms with E-state index >= 15 is 0 Å². The van der Waals surface area contributed by atoms with E-state index in [4.69, 9.17) is 10.3 Å². The molecule has 0 aliphatic heterocycles. The highest BCUT2D eigenvalue weighted by Gasteiger charge is 2.20. The third kappa shape index (κ3) is 18.4. The first-order valence-electron chi connectivity index (χ1n) is 10.2. The van der Waals surface area contributed by atoms with Gasteiger partial charge < -0.3 is 15.2 Å². The van der Waals surface area contributed by atoms with E-state index in [2.05, 4.69) is 6.92 Å². The summed E-state index contributed by atoms with van der Waals surface area (Å²) in [5.74, 6) is 0. The lowest BCUT2D eigenvalue weighted by Crippen LogP contribution is -2.20. The lowest BCUT2D eigenvalue weighted by Gasteiger charge is -2.13. The molecule has 0 saturated heterocycles. The molecule has 0 spiro atoms. The van der Waals surface area contributed by atoms with E-state index in [-0.39, 0.29) is 12.2 Å². The fraction of sp³-hybridized carbons (Fsp3) is 1.00. The van der Waals surface area contributed by atoms with Crippen LogP contribution in [0.25, 0.3) is 0 Å². The highest BCUT2D eigenvalue weighted by atomic mass is 31.2. The van der Waals surface area contributed by atoms with Gasteiger partial charge in [-0.25, -0.2) is 0 Å². The van der Waals surface area contributed by atoms with Crippen LogP contribution >= 0.6 is 7.60 Å². The normalized spacial score (nSPS) is 15.3. The molecule has 0 aromatic carbocycles. The second-order valence-corrected chi connectivity index (χ2v) is 9.12. The molecule has 2 unspecified atom stereocenters. The van der Waals surface area contributed by atoms with E-state index < -0.39 is 7.60 Å². The SMILES string of the molecule is CCCCCCCCCCCCCCCCOP(=O)(O)CC(C)N. The Morgan fingerprint density at radius 3 is 1.58 bits per heavy atom. The summed E-state index contributed by atoms with van der Waals surface area (Å²) in [4.78, 5) is 9.54. The first-order valence-corrected chi connectivity index (χ1v) is 12.0. The summed E-state index contributed by atoms with van der Waals surface area (Å²) in [6.07, 6.45) is 18.3. The average Bonchev–Trinajstić information content (AvgIpc) is 2.49. The number of hydrogen-bond acceptors (Lipinski definition) is 3. The molecule has 5 heteroatoms. The van der Waals surface area contributed by atoms with Gasteiger partial charge in [-0.15, -0.1) is 0 Å². The Hall–Kier alpha value is 0.110. The van der Waals surface area contributed by atoms with Crippen LogP contribution in [-0.2, 0) is 9.09 Å². The number of hydrogen-bond donors (Lipinski definition) is 2. The number of unbranched alkanes of at least 4 members (excludes halogenated alkanes) is 13. The van der Waals surface area contributed by atoms with Gasteiger partial charge in [0.15, 0.2) is 0 Å². The predicted molar refractivity (Wildman–Crippen MR) is 105 cm³/mol. The Morgan fingerprint density at radius 2 is 1.21 bits per heavy atom. The molecule has 0 amide bonds. The summed E-state index contributed by atoms with van der Waals surface area (Å²) < 4.78 is 16.7. The second-order valence-electron chi connectivity index (χ2n) is 7.23. The summed E-state index contributed by atoms with van der Waals surface area (Å²) in [7, 11) is -3.46. The molecule has 0 heterocycles. The molecular weight excluding hydrogens is 321 g/mol. The van der Waals surface area contributed by atoms with Gasteiger partial charge in [0.1, 0.15) is 0 Å². The Balaban J connectivity index is 3.19. The lowest BCUT2D eigenvalue weighted by molar-refractivity contribution is 0.251. The van der Waals surface area contributed by atoms with Crippen molar-refractivity contribution in [2.45, 2.75) is 110 Å². The zero-order valence-electron chi connectivity index (χ0n) is 16.2. The van der Waals surface area contributed by atoms with Crippen LogP contribution in [0.3, 0.4) is 0 Å². The maximum absolute atomic E-state index is 11.6. The molecule has 0 aromatic heterocycles. The van der Waals surface area contributed by atoms with Crippen molar-refractivity contribution in [3.63, 3.8) is 0 Å². The van der Waals surface area contributed by atoms with Gasteiger partial charge in [0, 0.05) is 6.04 Å². The molecule has 2 atom stereocenters. The highest BCUT2D eigenvalue weighted by Crippen LogP contribution is 2.42. The van der Waals surface area contributed by atoms with Crippen LogP contribution < -0.4 is 5.73 Å². The average molecular weight is 364 g/mol. The topological polar surface area (TPSA) is 72.5 Å². The third-order valence-corrected chi connectivity index (χ3v) is 5.93. The van der Waals surface area contributed by atoms with Gasteiger partial charge in [-0.05, 0) is 13.3 Å². The molecule has 0 aromatic rings. The van der Waals surface area contributed by atoms with Crippen LogP contribution in [0, 0.1) is 0 Å². The van der Waals surface area contributed by atoms with Gasteiger partial charge in [-0.3, -0.25) is 4.57 Å². The molecule has 3 N–H and O–H groups in total. The molecule has 0 fully saturated rings. The summed E-state index contributed by atoms with van der Waals surface area (Å²) in [6.45, 7) is 4.36. The van der Waals surface area contributed by atoms with E-state index in [1.807, 2.05) is 0 Å². The van der Waals surface area contributed by atoms with Gasteiger partial charge in [0.05, 0.1) is 12.8 Å². The first-order chi connectivity index (χ1) is 11.5. The van der Waals surface area contributed by atoms with Gasteiger partial charge in [0.25, 0.3) is 0 Å². The fourth-order valence-corrected chi connectivity index (χ4v) is 4.17. The molecule has 0 aliphatic rings. The van der Waals surface area contributed by atoms with Crippen molar-refractivity contribution in [1.29, 1.82) is 0 Å². The molecule has 0 aliphatic carbocycles. The van der Waals surface area contributed by atoms with Crippen molar-refractivity contribution in [2.75, 3.05) is 12.8 Å². The Labute approximate surface area is 150 Å². The Bertz CT molecular complexity index is 311. The van der Waals surface area contributed by atoms with Crippen molar-refractivity contribution in [3.05, 3.63) is 0 Å². The molecule has 4 nitrogen and oxygen atoms in total. The maximum Gasteiger partial charge on any atom is 0.329 e. The van der Waals surface area contributed by atoms with Gasteiger partial charge in [0.2, 0.25) is 0 Å². The van der Waals surface area contributed by atoms with E-state index in [1.54, 1.807) is 6.92 Å². The van der Waals surface area contributed by atoms with Gasteiger partial charge >= 0.3 is 7.60 Å². The standard InChI is InChI=1S/C19H42NO3P/c1-3-4-5-6-7-8-9-10-11-12-13-14-15-16-17-23-24(21,22)18-19(2)20/h19H,3-18,20H2,1-2H3,(H,21,22). The molecule has 0 bridgehead atoms. The van der Waals surface area contributed by atoms with Crippen molar-refractivity contribution < 1.29 is 14.0 Å². The fourth-order valence-electron chi connectivity index (χ4n) is 2.92. The van der Waals surface area contributed by atoms with E-state index in [0.29, 0.717) is 6.61 Å². The molecule has 24 heavy (non-hydrogen) atoms. The summed E-state index contributed by atoms with van der Waals surface area (Å²) in [6, 6.07) is -0.294. The van der Waals surface area contributed by atoms with Crippen LogP contribution in [0.15, 0.2) is 0 Å². The van der Waals surface area contributed by atoms with E-state index in [0.717, 1.165) is 12.8 Å². The van der Waals surface area contributed by atoms with Crippen molar-refractivity contribution >= 4 is 7.60 Å². The molecule has 0 rings (SSSR count). The van der Waals surface area contributed by atoms with Crippen LogP contribution in [0.1, 0.15) is 104 Å². The van der Waals surface area contributed by atoms with Crippen molar-refractivity contribution in [1.82, 2.24) is 0 Å². The summed E-state index contributed by atoms with van der Waals surface area (Å²) >= 11 is 0. The minimum absolute atomic E-state index is 0.0472. The van der Waals surface area contributed by atoms with E-state index in [9.17, 15) is 9.46 Å². The number of rotatable bonds is 18. The molecule has 0 radical (unpaired) electrons.